The minimum absolute atomic E-state index is 0.0176. The molecule has 0 saturated carbocycles. The Labute approximate surface area is 95.3 Å². The summed E-state index contributed by atoms with van der Waals surface area (Å²) in [6, 6.07) is 9.19. The van der Waals surface area contributed by atoms with Crippen molar-refractivity contribution >= 4 is 16.4 Å². The van der Waals surface area contributed by atoms with Gasteiger partial charge in [0.05, 0.1) is 5.75 Å². The molecule has 0 aliphatic heterocycles. The molecule has 0 aliphatic carbocycles. The van der Waals surface area contributed by atoms with E-state index in [1.54, 1.807) is 12.1 Å². The monoisotopic (exact) mass is 236 g/mol. The van der Waals surface area contributed by atoms with Gasteiger partial charge in [-0.15, -0.1) is 0 Å². The zero-order valence-electron chi connectivity index (χ0n) is 8.54. The lowest BCUT2D eigenvalue weighted by molar-refractivity contribution is 0.614. The van der Waals surface area contributed by atoms with Crippen molar-refractivity contribution in [3.63, 3.8) is 0 Å². The summed E-state index contributed by atoms with van der Waals surface area (Å²) in [7, 11) is -2.45. The number of nitrogens with zero attached hydrogens (tertiary/aromatic N) is 1. The number of aromatic nitrogens is 1. The molecule has 2 N–H and O–H groups in total. The highest BCUT2D eigenvalue weighted by molar-refractivity contribution is 7.71. The second kappa shape index (κ2) is 4.40. The molecule has 4 nitrogen and oxygen atoms in total. The summed E-state index contributed by atoms with van der Waals surface area (Å²) in [6.07, 6.45) is 3.79. The Kier molecular flexibility index (Phi) is 2.96. The van der Waals surface area contributed by atoms with Crippen LogP contribution >= 0.6 is 0 Å². The molecule has 16 heavy (non-hydrogen) atoms. The molecule has 0 atom stereocenters. The van der Waals surface area contributed by atoms with Crippen molar-refractivity contribution in [2.75, 3.05) is 5.73 Å². The summed E-state index contributed by atoms with van der Waals surface area (Å²) >= 11 is 0. The van der Waals surface area contributed by atoms with Gasteiger partial charge >= 0.3 is 0 Å². The highest BCUT2D eigenvalue weighted by atomic mass is 32.2. The second-order valence-corrected chi connectivity index (χ2v) is 4.45. The smallest absolute Gasteiger partial charge is 0.144 e. The van der Waals surface area contributed by atoms with Gasteiger partial charge in [0.2, 0.25) is 0 Å². The van der Waals surface area contributed by atoms with E-state index in [1.165, 1.54) is 0 Å². The molecule has 1 aromatic carbocycles. The van der Waals surface area contributed by atoms with E-state index in [-0.39, 0.29) is 5.75 Å². The third-order valence-electron chi connectivity index (χ3n) is 2.33. The molecule has 0 bridgehead atoms. The zero-order chi connectivity index (χ0) is 11.5. The number of rotatable bonds is 3. The van der Waals surface area contributed by atoms with E-state index in [0.717, 1.165) is 5.69 Å². The maximum Gasteiger partial charge on any atom is 0.144 e. The van der Waals surface area contributed by atoms with Gasteiger partial charge in [-0.25, -0.2) is 8.42 Å². The number of thiol groups is 1. The van der Waals surface area contributed by atoms with Crippen LogP contribution in [0.1, 0.15) is 5.56 Å². The summed E-state index contributed by atoms with van der Waals surface area (Å²) < 4.78 is 23.3. The van der Waals surface area contributed by atoms with Gasteiger partial charge in [-0.1, -0.05) is 0 Å². The summed E-state index contributed by atoms with van der Waals surface area (Å²) in [4.78, 5) is 0. The average Bonchev–Trinajstić information content (AvgIpc) is 2.73. The topological polar surface area (TPSA) is 65.1 Å². The average molecular weight is 236 g/mol. The number of hydrogen-bond donors (Lipinski definition) is 2. The first-order valence-corrected chi connectivity index (χ1v) is 6.16. The van der Waals surface area contributed by atoms with Crippen LogP contribution in [-0.4, -0.2) is 13.0 Å². The van der Waals surface area contributed by atoms with Gasteiger partial charge in [0, 0.05) is 23.8 Å². The van der Waals surface area contributed by atoms with E-state index in [2.05, 4.69) is 0 Å². The van der Waals surface area contributed by atoms with Gasteiger partial charge in [0.25, 0.3) is 0 Å². The number of nitrogen functional groups attached to an aromatic ring is 1. The molecule has 0 fully saturated rings. The molecule has 84 valence electrons. The molecule has 5 heteroatoms. The number of hydrogen-bond acceptors (Lipinski definition) is 3. The van der Waals surface area contributed by atoms with E-state index < -0.39 is 10.7 Å². The summed E-state index contributed by atoms with van der Waals surface area (Å²) in [5.41, 5.74) is 7.77. The lowest BCUT2D eigenvalue weighted by atomic mass is 10.2. The van der Waals surface area contributed by atoms with Crippen LogP contribution in [0.3, 0.4) is 0 Å². The van der Waals surface area contributed by atoms with Gasteiger partial charge in [0.1, 0.15) is 10.7 Å². The second-order valence-electron chi connectivity index (χ2n) is 3.46. The largest absolute Gasteiger partial charge is 0.398 e. The maximum atomic E-state index is 10.7. The van der Waals surface area contributed by atoms with E-state index in [1.807, 2.05) is 35.2 Å². The molecule has 0 spiro atoms. The predicted molar refractivity (Wildman–Crippen MR) is 64.2 cm³/mol. The van der Waals surface area contributed by atoms with Crippen LogP contribution in [0.15, 0.2) is 42.7 Å². The maximum absolute atomic E-state index is 10.7. The normalized spacial score (nSPS) is 10.8. The lowest BCUT2D eigenvalue weighted by Gasteiger charge is -2.07. The third kappa shape index (κ3) is 2.25. The fourth-order valence-corrected chi connectivity index (χ4v) is 2.09. The van der Waals surface area contributed by atoms with Crippen LogP contribution in [0.5, 0.6) is 0 Å². The molecular formula is C11H12N2O2S. The van der Waals surface area contributed by atoms with Gasteiger partial charge < -0.3 is 10.3 Å². The molecule has 0 amide bonds. The summed E-state index contributed by atoms with van der Waals surface area (Å²) in [5.74, 6) is -0.0176. The number of nitrogens with two attached hydrogens (primary N) is 1. The Morgan fingerprint density at radius 1 is 1.19 bits per heavy atom. The number of benzene rings is 1. The van der Waals surface area contributed by atoms with Crippen LogP contribution < -0.4 is 5.73 Å². The third-order valence-corrected chi connectivity index (χ3v) is 2.93. The van der Waals surface area contributed by atoms with Crippen molar-refractivity contribution in [3.8, 4) is 5.69 Å². The van der Waals surface area contributed by atoms with Gasteiger partial charge in [0.15, 0.2) is 0 Å². The summed E-state index contributed by atoms with van der Waals surface area (Å²) in [5, 5.41) is 0. The van der Waals surface area contributed by atoms with Crippen molar-refractivity contribution in [1.29, 1.82) is 0 Å². The van der Waals surface area contributed by atoms with Crippen LogP contribution in [0, 0.1) is 0 Å². The lowest BCUT2D eigenvalue weighted by Crippen LogP contribution is -1.98. The highest BCUT2D eigenvalue weighted by Crippen LogP contribution is 2.18. The SMILES string of the molecule is Nc1ccc(-n2cccc2)cc1C[SH](=O)=O. The Morgan fingerprint density at radius 2 is 1.88 bits per heavy atom. The first kappa shape index (κ1) is 10.8. The van der Waals surface area contributed by atoms with Crippen molar-refractivity contribution < 1.29 is 8.42 Å². The number of anilines is 1. The molecule has 1 heterocycles. The van der Waals surface area contributed by atoms with Crippen LogP contribution in [-0.2, 0) is 16.5 Å². The molecule has 0 aliphatic rings. The van der Waals surface area contributed by atoms with Gasteiger partial charge in [-0.3, -0.25) is 0 Å². The minimum Gasteiger partial charge on any atom is -0.398 e. The molecule has 0 unspecified atom stereocenters. The molecule has 1 aromatic heterocycles. The molecule has 2 aromatic rings. The van der Waals surface area contributed by atoms with Crippen LogP contribution in [0.4, 0.5) is 5.69 Å². The van der Waals surface area contributed by atoms with Crippen LogP contribution in [0.25, 0.3) is 5.69 Å². The molecule has 0 saturated heterocycles. The van der Waals surface area contributed by atoms with Crippen molar-refractivity contribution in [1.82, 2.24) is 4.57 Å². The standard InChI is InChI=1S/C11H12N2O2S/c12-11-4-3-10(13-5-1-2-6-13)7-9(11)8-16(14)15/h1-7,16H,8,12H2. The van der Waals surface area contributed by atoms with Gasteiger partial charge in [-0.2, -0.15) is 0 Å². The van der Waals surface area contributed by atoms with Crippen molar-refractivity contribution in [2.24, 2.45) is 0 Å². The van der Waals surface area contributed by atoms with E-state index in [0.29, 0.717) is 11.3 Å². The summed E-state index contributed by atoms with van der Waals surface area (Å²) in [6.45, 7) is 0. The Balaban J connectivity index is 2.43. The van der Waals surface area contributed by atoms with E-state index in [4.69, 9.17) is 5.73 Å². The fraction of sp³-hybridized carbons (Fsp3) is 0.0909. The fourth-order valence-electron chi connectivity index (χ4n) is 1.54. The minimum atomic E-state index is -2.45. The van der Waals surface area contributed by atoms with E-state index >= 15 is 0 Å². The first-order valence-electron chi connectivity index (χ1n) is 4.80. The van der Waals surface area contributed by atoms with Crippen molar-refractivity contribution in [2.45, 2.75) is 5.75 Å². The zero-order valence-corrected chi connectivity index (χ0v) is 9.43. The van der Waals surface area contributed by atoms with E-state index in [9.17, 15) is 8.42 Å². The first-order chi connectivity index (χ1) is 7.66. The molecule has 2 rings (SSSR count). The molecular weight excluding hydrogens is 224 g/mol. The van der Waals surface area contributed by atoms with Crippen molar-refractivity contribution in [3.05, 3.63) is 48.3 Å². The molecule has 0 radical (unpaired) electrons. The quantitative estimate of drug-likeness (QED) is 0.621. The Morgan fingerprint density at radius 3 is 2.50 bits per heavy atom. The Hall–Kier alpha value is -1.75. The van der Waals surface area contributed by atoms with Gasteiger partial charge in [-0.05, 0) is 35.9 Å². The highest BCUT2D eigenvalue weighted by Gasteiger charge is 2.03. The Bertz CT molecular complexity index is 551. The predicted octanol–water partition coefficient (Wildman–Crippen LogP) is 1.17. The van der Waals surface area contributed by atoms with Crippen LogP contribution in [0.2, 0.25) is 0 Å².